The van der Waals surface area contributed by atoms with Crippen molar-refractivity contribution in [1.29, 1.82) is 0 Å². The van der Waals surface area contributed by atoms with Gasteiger partial charge in [-0.3, -0.25) is 0 Å². The molecule has 0 bridgehead atoms. The summed E-state index contributed by atoms with van der Waals surface area (Å²) in [5, 5.41) is 2.15. The molecule has 2 aromatic heterocycles. The smallest absolute Gasteiger partial charge is 0.190 e. The minimum Gasteiger partial charge on any atom is -0.492 e. The number of aromatic nitrogens is 3. The molecule has 5 nitrogen and oxygen atoms in total. The fraction of sp³-hybridized carbons (Fsp3) is 0.333. The van der Waals surface area contributed by atoms with Crippen molar-refractivity contribution >= 4 is 17.0 Å². The molecule has 0 aliphatic rings. The molecule has 0 fully saturated rings. The molecule has 0 saturated carbocycles. The number of imidazole rings is 1. The Hall–Kier alpha value is -2.34. The zero-order valence-corrected chi connectivity index (χ0v) is 14.9. The number of aryl methyl sites for hydroxylation is 2. The second-order valence-electron chi connectivity index (χ2n) is 5.48. The third-order valence-corrected chi connectivity index (χ3v) is 4.71. The van der Waals surface area contributed by atoms with E-state index in [1.807, 2.05) is 49.9 Å². The fourth-order valence-electron chi connectivity index (χ4n) is 2.54. The molecule has 0 saturated heterocycles. The Labute approximate surface area is 145 Å². The molecule has 0 unspecified atom stereocenters. The van der Waals surface area contributed by atoms with Crippen LogP contribution in [0.2, 0.25) is 0 Å². The molecule has 0 aliphatic carbocycles. The highest BCUT2D eigenvalue weighted by atomic mass is 32.1. The lowest BCUT2D eigenvalue weighted by Crippen LogP contribution is -2.17. The Kier molecular flexibility index (Phi) is 5.48. The van der Waals surface area contributed by atoms with Crippen molar-refractivity contribution in [1.82, 2.24) is 14.1 Å². The second kappa shape index (κ2) is 7.97. The summed E-state index contributed by atoms with van der Waals surface area (Å²) in [4.78, 5) is 9.92. The van der Waals surface area contributed by atoms with Gasteiger partial charge in [0.15, 0.2) is 4.80 Å². The number of para-hydroxylation sites is 2. The van der Waals surface area contributed by atoms with Gasteiger partial charge < -0.3 is 13.9 Å². The van der Waals surface area contributed by atoms with Crippen molar-refractivity contribution < 1.29 is 4.74 Å². The lowest BCUT2D eigenvalue weighted by molar-refractivity contribution is 0.341. The van der Waals surface area contributed by atoms with E-state index in [1.165, 1.54) is 5.69 Å². The van der Waals surface area contributed by atoms with Crippen LogP contribution in [0.4, 0.5) is 5.69 Å². The number of hydrogen-bond acceptors (Lipinski definition) is 4. The summed E-state index contributed by atoms with van der Waals surface area (Å²) in [6.07, 6.45) is 6.70. The maximum Gasteiger partial charge on any atom is 0.190 e. The molecule has 0 spiro atoms. The van der Waals surface area contributed by atoms with Gasteiger partial charge in [-0.15, -0.1) is 11.3 Å². The summed E-state index contributed by atoms with van der Waals surface area (Å²) in [6.45, 7) is 6.64. The van der Waals surface area contributed by atoms with Crippen molar-refractivity contribution in [2.45, 2.75) is 33.4 Å². The number of hydrogen-bond donors (Lipinski definition) is 0. The molecule has 3 rings (SSSR count). The molecule has 1 aromatic carbocycles. The Morgan fingerprint density at radius 2 is 2.12 bits per heavy atom. The van der Waals surface area contributed by atoms with Crippen molar-refractivity contribution in [2.24, 2.45) is 4.99 Å². The average Bonchev–Trinajstić information content (AvgIpc) is 3.22. The van der Waals surface area contributed by atoms with Crippen molar-refractivity contribution in [3.8, 4) is 5.75 Å². The summed E-state index contributed by atoms with van der Waals surface area (Å²) in [5.74, 6) is 0.830. The normalized spacial score (nSPS) is 11.8. The van der Waals surface area contributed by atoms with E-state index in [0.717, 1.165) is 35.7 Å². The number of ether oxygens (including phenoxy) is 1. The van der Waals surface area contributed by atoms with Crippen LogP contribution in [0.5, 0.6) is 5.75 Å². The van der Waals surface area contributed by atoms with Crippen LogP contribution in [0.1, 0.15) is 19.0 Å². The topological polar surface area (TPSA) is 44.3 Å². The summed E-state index contributed by atoms with van der Waals surface area (Å²) >= 11 is 1.67. The Morgan fingerprint density at radius 3 is 2.92 bits per heavy atom. The van der Waals surface area contributed by atoms with Gasteiger partial charge in [-0.05, 0) is 32.4 Å². The largest absolute Gasteiger partial charge is 0.492 e. The molecule has 0 atom stereocenters. The van der Waals surface area contributed by atoms with Crippen LogP contribution in [0.25, 0.3) is 0 Å². The van der Waals surface area contributed by atoms with E-state index >= 15 is 0 Å². The SMILES string of the molecule is CCOc1ccccc1N=c1scc(C)n1CCCn1ccnc1. The van der Waals surface area contributed by atoms with Crippen molar-refractivity contribution in [3.05, 3.63) is 58.9 Å². The highest BCUT2D eigenvalue weighted by Gasteiger charge is 2.05. The summed E-state index contributed by atoms with van der Waals surface area (Å²) in [7, 11) is 0. The van der Waals surface area contributed by atoms with E-state index in [4.69, 9.17) is 9.73 Å². The fourth-order valence-corrected chi connectivity index (χ4v) is 3.45. The lowest BCUT2D eigenvalue weighted by Gasteiger charge is -2.08. The third-order valence-electron chi connectivity index (χ3n) is 3.73. The maximum absolute atomic E-state index is 5.68. The zero-order valence-electron chi connectivity index (χ0n) is 14.1. The van der Waals surface area contributed by atoms with Crippen LogP contribution in [0.3, 0.4) is 0 Å². The summed E-state index contributed by atoms with van der Waals surface area (Å²) in [5.41, 5.74) is 2.11. The van der Waals surface area contributed by atoms with E-state index in [2.05, 4.69) is 26.4 Å². The predicted molar refractivity (Wildman–Crippen MR) is 96.7 cm³/mol. The first-order valence-corrected chi connectivity index (χ1v) is 9.03. The average molecular weight is 342 g/mol. The van der Waals surface area contributed by atoms with E-state index in [0.29, 0.717) is 6.61 Å². The molecular formula is C18H22N4OS. The van der Waals surface area contributed by atoms with Gasteiger partial charge in [-0.1, -0.05) is 12.1 Å². The van der Waals surface area contributed by atoms with Gasteiger partial charge in [-0.2, -0.15) is 0 Å². The van der Waals surface area contributed by atoms with Gasteiger partial charge in [0.1, 0.15) is 11.4 Å². The predicted octanol–water partition coefficient (Wildman–Crippen LogP) is 3.78. The number of nitrogens with zero attached hydrogens (tertiary/aromatic N) is 4. The number of thiazole rings is 1. The highest BCUT2D eigenvalue weighted by molar-refractivity contribution is 7.07. The van der Waals surface area contributed by atoms with Crippen LogP contribution in [0.15, 0.2) is 53.4 Å². The molecule has 6 heteroatoms. The molecule has 0 aliphatic heterocycles. The van der Waals surface area contributed by atoms with E-state index in [9.17, 15) is 0 Å². The highest BCUT2D eigenvalue weighted by Crippen LogP contribution is 2.26. The minimum atomic E-state index is 0.640. The number of rotatable bonds is 7. The molecule has 2 heterocycles. The van der Waals surface area contributed by atoms with Gasteiger partial charge in [0.25, 0.3) is 0 Å². The van der Waals surface area contributed by atoms with Crippen LogP contribution < -0.4 is 9.54 Å². The second-order valence-corrected chi connectivity index (χ2v) is 6.31. The molecule has 0 N–H and O–H groups in total. The summed E-state index contributed by atoms with van der Waals surface area (Å²) < 4.78 is 10.0. The third kappa shape index (κ3) is 3.94. The summed E-state index contributed by atoms with van der Waals surface area (Å²) in [6, 6.07) is 7.93. The minimum absolute atomic E-state index is 0.640. The molecule has 24 heavy (non-hydrogen) atoms. The molecule has 0 amide bonds. The van der Waals surface area contributed by atoms with Gasteiger partial charge in [0.05, 0.1) is 12.9 Å². The quantitative estimate of drug-likeness (QED) is 0.656. The number of benzene rings is 1. The monoisotopic (exact) mass is 342 g/mol. The molecule has 3 aromatic rings. The van der Waals surface area contributed by atoms with Crippen molar-refractivity contribution in [2.75, 3.05) is 6.61 Å². The Balaban J connectivity index is 1.81. The first kappa shape index (κ1) is 16.5. The van der Waals surface area contributed by atoms with Gasteiger partial charge >= 0.3 is 0 Å². The molecule has 126 valence electrons. The standard InChI is InChI=1S/C18H22N4OS/c1-3-23-17-8-5-4-7-16(17)20-18-22(15(2)13-24-18)11-6-10-21-12-9-19-14-21/h4-5,7-9,12-14H,3,6,10-11H2,1-2H3. The Bertz CT molecular complexity index is 833. The van der Waals surface area contributed by atoms with Crippen LogP contribution in [-0.4, -0.2) is 20.7 Å². The van der Waals surface area contributed by atoms with E-state index < -0.39 is 0 Å². The van der Waals surface area contributed by atoms with Crippen molar-refractivity contribution in [3.63, 3.8) is 0 Å². The maximum atomic E-state index is 5.68. The van der Waals surface area contributed by atoms with Crippen LogP contribution in [-0.2, 0) is 13.1 Å². The van der Waals surface area contributed by atoms with Gasteiger partial charge in [0, 0.05) is 36.6 Å². The molecule has 0 radical (unpaired) electrons. The van der Waals surface area contributed by atoms with E-state index in [1.54, 1.807) is 11.3 Å². The zero-order chi connectivity index (χ0) is 16.8. The first-order chi connectivity index (χ1) is 11.8. The van der Waals surface area contributed by atoms with Crippen LogP contribution >= 0.6 is 11.3 Å². The first-order valence-electron chi connectivity index (χ1n) is 8.15. The lowest BCUT2D eigenvalue weighted by atomic mass is 10.3. The van der Waals surface area contributed by atoms with Crippen LogP contribution in [0, 0.1) is 6.92 Å². The van der Waals surface area contributed by atoms with Gasteiger partial charge in [-0.25, -0.2) is 9.98 Å². The van der Waals surface area contributed by atoms with Gasteiger partial charge in [0.2, 0.25) is 0 Å². The Morgan fingerprint density at radius 1 is 1.25 bits per heavy atom. The molecular weight excluding hydrogens is 320 g/mol. The van der Waals surface area contributed by atoms with E-state index in [-0.39, 0.29) is 0 Å².